The fourth-order valence-electron chi connectivity index (χ4n) is 1.53. The number of halogens is 1. The van der Waals surface area contributed by atoms with Crippen molar-refractivity contribution in [1.82, 2.24) is 4.90 Å². The molecule has 0 N–H and O–H groups in total. The van der Waals surface area contributed by atoms with Gasteiger partial charge in [0, 0.05) is 26.3 Å². The molecule has 1 rings (SSSR count). The second-order valence-corrected chi connectivity index (χ2v) is 4.65. The largest absolute Gasteiger partial charge is 0.381 e. The van der Waals surface area contributed by atoms with E-state index in [1.54, 1.807) is 0 Å². The van der Waals surface area contributed by atoms with Crippen LogP contribution in [0.1, 0.15) is 26.2 Å². The first-order valence-corrected chi connectivity index (χ1v) is 6.18. The van der Waals surface area contributed by atoms with Gasteiger partial charge in [0.1, 0.15) is 0 Å². The van der Waals surface area contributed by atoms with Gasteiger partial charge in [-0.3, -0.25) is 4.79 Å². The molecule has 82 valence electrons. The van der Waals surface area contributed by atoms with E-state index in [2.05, 4.69) is 22.9 Å². The van der Waals surface area contributed by atoms with Gasteiger partial charge in [-0.2, -0.15) is 0 Å². The number of nitrogens with zero attached hydrogens (tertiary/aromatic N) is 1. The maximum absolute atomic E-state index is 11.5. The Balaban J connectivity index is 2.04. The van der Waals surface area contributed by atoms with Crippen LogP contribution < -0.4 is 0 Å². The summed E-state index contributed by atoms with van der Waals surface area (Å²) in [6, 6.07) is 0. The van der Waals surface area contributed by atoms with Crippen LogP contribution in [0.4, 0.5) is 0 Å². The lowest BCUT2D eigenvalue weighted by Gasteiger charge is -2.15. The number of ether oxygens (including phenoxy) is 1. The summed E-state index contributed by atoms with van der Waals surface area (Å²) in [4.78, 5) is 13.4. The minimum absolute atomic E-state index is 0.0547. The highest BCUT2D eigenvalue weighted by atomic mass is 79.9. The molecule has 0 aliphatic carbocycles. The average Bonchev–Trinajstić information content (AvgIpc) is 2.49. The number of amides is 1. The summed E-state index contributed by atoms with van der Waals surface area (Å²) >= 11 is 3.36. The lowest BCUT2D eigenvalue weighted by Crippen LogP contribution is -2.29. The van der Waals surface area contributed by atoms with Crippen molar-refractivity contribution in [2.45, 2.75) is 31.0 Å². The lowest BCUT2D eigenvalue weighted by molar-refractivity contribution is -0.127. The van der Waals surface area contributed by atoms with Gasteiger partial charge >= 0.3 is 0 Å². The zero-order chi connectivity index (χ0) is 10.4. The maximum Gasteiger partial charge on any atom is 0.236 e. The van der Waals surface area contributed by atoms with Crippen molar-refractivity contribution in [1.29, 1.82) is 0 Å². The fraction of sp³-hybridized carbons (Fsp3) is 0.900. The zero-order valence-corrected chi connectivity index (χ0v) is 10.3. The first-order valence-electron chi connectivity index (χ1n) is 5.26. The van der Waals surface area contributed by atoms with Crippen LogP contribution >= 0.6 is 15.9 Å². The van der Waals surface area contributed by atoms with Gasteiger partial charge in [0.25, 0.3) is 0 Å². The first-order chi connectivity index (χ1) is 6.75. The smallest absolute Gasteiger partial charge is 0.236 e. The normalized spacial score (nSPS) is 22.0. The van der Waals surface area contributed by atoms with E-state index in [1.807, 2.05) is 4.90 Å². The third-order valence-corrected chi connectivity index (χ3v) is 3.15. The van der Waals surface area contributed by atoms with E-state index in [1.165, 1.54) is 0 Å². The summed E-state index contributed by atoms with van der Waals surface area (Å²) in [5.41, 5.74) is 0. The van der Waals surface area contributed by atoms with E-state index in [0.29, 0.717) is 0 Å². The van der Waals surface area contributed by atoms with Crippen molar-refractivity contribution >= 4 is 21.8 Å². The molecule has 1 saturated heterocycles. The lowest BCUT2D eigenvalue weighted by atomic mass is 10.4. The number of likely N-dealkylation sites (tertiary alicyclic amines) is 1. The standard InChI is InChI=1S/C10H18BrNO2/c1-2-7-14-8-3-5-12-6-4-9(11)10(12)13/h9H,2-8H2,1H3. The van der Waals surface area contributed by atoms with Gasteiger partial charge in [0.2, 0.25) is 5.91 Å². The average molecular weight is 264 g/mol. The second kappa shape index (κ2) is 6.40. The van der Waals surface area contributed by atoms with Crippen LogP contribution in [0.2, 0.25) is 0 Å². The van der Waals surface area contributed by atoms with Gasteiger partial charge in [0.05, 0.1) is 4.83 Å². The Morgan fingerprint density at radius 2 is 2.36 bits per heavy atom. The number of hydrogen-bond donors (Lipinski definition) is 0. The van der Waals surface area contributed by atoms with Crippen molar-refractivity contribution in [3.8, 4) is 0 Å². The van der Waals surface area contributed by atoms with Crippen molar-refractivity contribution < 1.29 is 9.53 Å². The topological polar surface area (TPSA) is 29.5 Å². The molecule has 0 aromatic rings. The molecule has 3 nitrogen and oxygen atoms in total. The molecule has 1 fully saturated rings. The molecular formula is C10H18BrNO2. The molecule has 1 aliphatic rings. The Kier molecular flexibility index (Phi) is 5.48. The van der Waals surface area contributed by atoms with Gasteiger partial charge in [-0.25, -0.2) is 0 Å². The zero-order valence-electron chi connectivity index (χ0n) is 8.67. The van der Waals surface area contributed by atoms with Crippen molar-refractivity contribution in [3.05, 3.63) is 0 Å². The van der Waals surface area contributed by atoms with E-state index < -0.39 is 0 Å². The fourth-order valence-corrected chi connectivity index (χ4v) is 2.02. The van der Waals surface area contributed by atoms with Crippen LogP contribution in [0.25, 0.3) is 0 Å². The van der Waals surface area contributed by atoms with Crippen LogP contribution in [0.15, 0.2) is 0 Å². The number of rotatable bonds is 6. The van der Waals surface area contributed by atoms with Gasteiger partial charge in [-0.05, 0) is 19.3 Å². The molecule has 0 aromatic heterocycles. The van der Waals surface area contributed by atoms with Crippen LogP contribution in [0.3, 0.4) is 0 Å². The third-order valence-electron chi connectivity index (χ3n) is 2.30. The molecule has 0 spiro atoms. The van der Waals surface area contributed by atoms with Crippen LogP contribution in [-0.2, 0) is 9.53 Å². The molecule has 0 aromatic carbocycles. The van der Waals surface area contributed by atoms with Crippen molar-refractivity contribution in [2.75, 3.05) is 26.3 Å². The van der Waals surface area contributed by atoms with Crippen LogP contribution in [-0.4, -0.2) is 41.9 Å². The predicted octanol–water partition coefficient (Wildman–Crippen LogP) is 1.80. The Labute approximate surface area is 93.9 Å². The maximum atomic E-state index is 11.5. The van der Waals surface area contributed by atoms with Crippen molar-refractivity contribution in [2.24, 2.45) is 0 Å². The summed E-state index contributed by atoms with van der Waals surface area (Å²) < 4.78 is 5.36. The number of alkyl halides is 1. The van der Waals surface area contributed by atoms with E-state index in [0.717, 1.165) is 45.6 Å². The van der Waals surface area contributed by atoms with Gasteiger partial charge in [-0.1, -0.05) is 22.9 Å². The Bertz CT molecular complexity index is 187. The molecule has 0 saturated carbocycles. The highest BCUT2D eigenvalue weighted by molar-refractivity contribution is 9.10. The van der Waals surface area contributed by atoms with E-state index in [4.69, 9.17) is 4.74 Å². The van der Waals surface area contributed by atoms with Crippen LogP contribution in [0, 0.1) is 0 Å². The van der Waals surface area contributed by atoms with E-state index in [9.17, 15) is 4.79 Å². The monoisotopic (exact) mass is 263 g/mol. The molecule has 1 amide bonds. The summed E-state index contributed by atoms with van der Waals surface area (Å²) in [5, 5.41) is 0. The molecule has 1 unspecified atom stereocenters. The summed E-state index contributed by atoms with van der Waals surface area (Å²) in [6.45, 7) is 5.42. The SMILES string of the molecule is CCCOCCCN1CCC(Br)C1=O. The Hall–Kier alpha value is -0.0900. The molecule has 4 heteroatoms. The minimum Gasteiger partial charge on any atom is -0.381 e. The van der Waals surface area contributed by atoms with E-state index in [-0.39, 0.29) is 10.7 Å². The van der Waals surface area contributed by atoms with Gasteiger partial charge in [-0.15, -0.1) is 0 Å². The molecule has 14 heavy (non-hydrogen) atoms. The predicted molar refractivity (Wildman–Crippen MR) is 59.6 cm³/mol. The Morgan fingerprint density at radius 3 is 2.93 bits per heavy atom. The highest BCUT2D eigenvalue weighted by Gasteiger charge is 2.28. The molecule has 1 heterocycles. The summed E-state index contributed by atoms with van der Waals surface area (Å²) in [7, 11) is 0. The molecule has 1 atom stereocenters. The summed E-state index contributed by atoms with van der Waals surface area (Å²) in [6.07, 6.45) is 2.95. The number of hydrogen-bond acceptors (Lipinski definition) is 2. The van der Waals surface area contributed by atoms with Gasteiger partial charge < -0.3 is 9.64 Å². The van der Waals surface area contributed by atoms with E-state index >= 15 is 0 Å². The molecule has 1 aliphatic heterocycles. The first kappa shape index (κ1) is 12.0. The van der Waals surface area contributed by atoms with Crippen molar-refractivity contribution in [3.63, 3.8) is 0 Å². The molecular weight excluding hydrogens is 246 g/mol. The minimum atomic E-state index is 0.0547. The second-order valence-electron chi connectivity index (χ2n) is 3.55. The number of carbonyl (C=O) groups excluding carboxylic acids is 1. The quantitative estimate of drug-likeness (QED) is 0.541. The van der Waals surface area contributed by atoms with Crippen LogP contribution in [0.5, 0.6) is 0 Å². The third kappa shape index (κ3) is 3.58. The van der Waals surface area contributed by atoms with Gasteiger partial charge in [0.15, 0.2) is 0 Å². The number of carbonyl (C=O) groups is 1. The molecule has 0 radical (unpaired) electrons. The highest BCUT2D eigenvalue weighted by Crippen LogP contribution is 2.18. The summed E-state index contributed by atoms with van der Waals surface area (Å²) in [5.74, 6) is 0.237. The molecule has 0 bridgehead atoms. The Morgan fingerprint density at radius 1 is 1.57 bits per heavy atom.